The molecule has 0 bridgehead atoms. The lowest BCUT2D eigenvalue weighted by Gasteiger charge is -2.03. The minimum Gasteiger partial charge on any atom is -0.0489 e. The van der Waals surface area contributed by atoms with E-state index in [1.807, 2.05) is 20.8 Å². The molecule has 0 spiro atoms. The van der Waals surface area contributed by atoms with Crippen LogP contribution in [0.25, 0.3) is 0 Å². The Kier molecular flexibility index (Phi) is 2.64. The third kappa shape index (κ3) is 5.58. The highest BCUT2D eigenvalue weighted by molar-refractivity contribution is 7.70. The zero-order chi connectivity index (χ0) is 6.62. The summed E-state index contributed by atoms with van der Waals surface area (Å²) in [6, 6.07) is 0. The van der Waals surface area contributed by atoms with Crippen molar-refractivity contribution in [2.75, 3.05) is 0 Å². The summed E-state index contributed by atoms with van der Waals surface area (Å²) < 4.78 is 9.72. The zero-order valence-electron chi connectivity index (χ0n) is 5.32. The van der Waals surface area contributed by atoms with E-state index in [-0.39, 0.29) is 5.41 Å². The van der Waals surface area contributed by atoms with E-state index >= 15 is 0 Å². The molecule has 2 heteroatoms. The molecule has 8 heavy (non-hydrogen) atoms. The van der Waals surface area contributed by atoms with Gasteiger partial charge in [0, 0.05) is 5.41 Å². The molecule has 0 saturated carbocycles. The van der Waals surface area contributed by atoms with Gasteiger partial charge in [0.1, 0.15) is 0 Å². The molecule has 0 fully saturated rings. The second kappa shape index (κ2) is 2.78. The van der Waals surface area contributed by atoms with Gasteiger partial charge in [-0.25, -0.2) is 0 Å². The third-order valence-corrected chi connectivity index (χ3v) is 0.653. The predicted octanol–water partition coefficient (Wildman–Crippen LogP) is 1.42. The molecule has 0 aromatic rings. The van der Waals surface area contributed by atoms with Gasteiger partial charge in [-0.05, 0) is 26.7 Å². The SMILES string of the molecule is CC(C)(C)C#C[S+]=O. The lowest BCUT2D eigenvalue weighted by atomic mass is 9.99. The van der Waals surface area contributed by atoms with E-state index in [0.717, 1.165) is 0 Å². The third-order valence-electron chi connectivity index (χ3n) is 0.468. The summed E-state index contributed by atoms with van der Waals surface area (Å²) in [5.41, 5.74) is -0.0303. The minimum absolute atomic E-state index is 0.0303. The highest BCUT2D eigenvalue weighted by atomic mass is 32.1. The van der Waals surface area contributed by atoms with E-state index in [2.05, 4.69) is 11.2 Å². The van der Waals surface area contributed by atoms with Gasteiger partial charge in [-0.2, -0.15) is 0 Å². The van der Waals surface area contributed by atoms with Gasteiger partial charge in [0.2, 0.25) is 0 Å². The molecule has 1 nitrogen and oxygen atoms in total. The summed E-state index contributed by atoms with van der Waals surface area (Å²) >= 11 is 0.317. The Balaban J connectivity index is 3.87. The highest BCUT2D eigenvalue weighted by Gasteiger charge is 2.05. The van der Waals surface area contributed by atoms with Crippen LogP contribution < -0.4 is 0 Å². The summed E-state index contributed by atoms with van der Waals surface area (Å²) in [6.45, 7) is 5.91. The van der Waals surface area contributed by atoms with E-state index in [0.29, 0.717) is 11.7 Å². The van der Waals surface area contributed by atoms with Gasteiger partial charge in [-0.15, -0.1) is 0 Å². The van der Waals surface area contributed by atoms with Crippen LogP contribution >= 0.6 is 0 Å². The van der Waals surface area contributed by atoms with Crippen LogP contribution in [-0.2, 0) is 15.9 Å². The van der Waals surface area contributed by atoms with Gasteiger partial charge in [0.15, 0.2) is 0 Å². The van der Waals surface area contributed by atoms with Gasteiger partial charge < -0.3 is 0 Å². The van der Waals surface area contributed by atoms with Crippen molar-refractivity contribution >= 4 is 11.7 Å². The molecule has 0 amide bonds. The first-order valence-electron chi connectivity index (χ1n) is 2.37. The maximum Gasteiger partial charge on any atom is 0.568 e. The van der Waals surface area contributed by atoms with Crippen molar-refractivity contribution in [3.63, 3.8) is 0 Å². The van der Waals surface area contributed by atoms with Crippen molar-refractivity contribution in [2.45, 2.75) is 20.8 Å². The Bertz CT molecular complexity index is 133. The Morgan fingerprint density at radius 1 is 1.38 bits per heavy atom. The molecule has 0 aliphatic rings. The fourth-order valence-corrected chi connectivity index (χ4v) is 0.522. The molecule has 0 atom stereocenters. The smallest absolute Gasteiger partial charge is 0.0489 e. The van der Waals surface area contributed by atoms with Crippen molar-refractivity contribution in [3.05, 3.63) is 0 Å². The van der Waals surface area contributed by atoms with Crippen LogP contribution in [0.4, 0.5) is 0 Å². The van der Waals surface area contributed by atoms with E-state index < -0.39 is 0 Å². The Morgan fingerprint density at radius 3 is 2.00 bits per heavy atom. The van der Waals surface area contributed by atoms with Crippen LogP contribution in [-0.4, -0.2) is 0 Å². The van der Waals surface area contributed by atoms with Crippen molar-refractivity contribution in [2.24, 2.45) is 5.41 Å². The molecule has 44 valence electrons. The van der Waals surface area contributed by atoms with Crippen LogP contribution in [0.3, 0.4) is 0 Å². The summed E-state index contributed by atoms with van der Waals surface area (Å²) in [5, 5.41) is 2.40. The second-order valence-electron chi connectivity index (χ2n) is 2.56. The quantitative estimate of drug-likeness (QED) is 0.357. The van der Waals surface area contributed by atoms with Crippen LogP contribution in [0, 0.1) is 16.6 Å². The Labute approximate surface area is 54.0 Å². The number of hydrogen-bond acceptors (Lipinski definition) is 1. The predicted molar refractivity (Wildman–Crippen MR) is 35.3 cm³/mol. The van der Waals surface area contributed by atoms with Crippen LogP contribution in [0.15, 0.2) is 0 Å². The first kappa shape index (κ1) is 7.58. The minimum atomic E-state index is -0.0303. The summed E-state index contributed by atoms with van der Waals surface area (Å²) in [7, 11) is 0. The van der Waals surface area contributed by atoms with Gasteiger partial charge in [-0.3, -0.25) is 0 Å². The summed E-state index contributed by atoms with van der Waals surface area (Å²) in [4.78, 5) is 0. The zero-order valence-corrected chi connectivity index (χ0v) is 6.13. The Morgan fingerprint density at radius 2 is 1.88 bits per heavy atom. The fourth-order valence-electron chi connectivity index (χ4n) is 0.174. The first-order valence-corrected chi connectivity index (χ1v) is 3.11. The number of rotatable bonds is 0. The first-order chi connectivity index (χ1) is 3.56. The van der Waals surface area contributed by atoms with Crippen LogP contribution in [0.5, 0.6) is 0 Å². The molecule has 0 radical (unpaired) electrons. The van der Waals surface area contributed by atoms with Crippen molar-refractivity contribution < 1.29 is 4.21 Å². The molecule has 0 unspecified atom stereocenters. The van der Waals surface area contributed by atoms with Gasteiger partial charge in [-0.1, -0.05) is 0 Å². The molecule has 0 aromatic heterocycles. The average molecular weight is 129 g/mol. The molecule has 0 heterocycles. The maximum absolute atomic E-state index is 9.72. The highest BCUT2D eigenvalue weighted by Crippen LogP contribution is 2.09. The molecule has 0 aliphatic carbocycles. The van der Waals surface area contributed by atoms with Crippen molar-refractivity contribution in [3.8, 4) is 11.2 Å². The van der Waals surface area contributed by atoms with Crippen LogP contribution in [0.1, 0.15) is 20.8 Å². The molecule has 0 aromatic carbocycles. The van der Waals surface area contributed by atoms with Gasteiger partial charge in [0.25, 0.3) is 5.25 Å². The Hall–Kier alpha value is -0.420. The molecular weight excluding hydrogens is 120 g/mol. The van der Waals surface area contributed by atoms with Crippen molar-refractivity contribution in [1.82, 2.24) is 0 Å². The molecule has 0 N–H and O–H groups in total. The van der Waals surface area contributed by atoms with Crippen LogP contribution in [0.2, 0.25) is 0 Å². The standard InChI is InChI=1S/C6H9OS/c1-6(2,3)4-5-8-7/h1-3H3/q+1. The summed E-state index contributed by atoms with van der Waals surface area (Å²) in [6.07, 6.45) is 0. The molecule has 0 aliphatic heterocycles. The average Bonchev–Trinajstić information content (AvgIpc) is 1.59. The van der Waals surface area contributed by atoms with Crippen molar-refractivity contribution in [1.29, 1.82) is 0 Å². The van der Waals surface area contributed by atoms with E-state index in [9.17, 15) is 4.21 Å². The normalized spacial score (nSPS) is 9.38. The lowest BCUT2D eigenvalue weighted by molar-refractivity contribution is 0.571. The monoisotopic (exact) mass is 129 g/mol. The maximum atomic E-state index is 9.72. The summed E-state index contributed by atoms with van der Waals surface area (Å²) in [5.74, 6) is 2.77. The largest absolute Gasteiger partial charge is 0.568 e. The van der Waals surface area contributed by atoms with E-state index in [1.54, 1.807) is 0 Å². The van der Waals surface area contributed by atoms with E-state index in [1.165, 1.54) is 0 Å². The fraction of sp³-hybridized carbons (Fsp3) is 0.667. The lowest BCUT2D eigenvalue weighted by Crippen LogP contribution is -1.98. The molecule has 0 rings (SSSR count). The molecule has 0 saturated heterocycles. The number of hydrogen-bond donors (Lipinski definition) is 0. The second-order valence-corrected chi connectivity index (χ2v) is 2.93. The molecular formula is C6H9OS+. The topological polar surface area (TPSA) is 17.1 Å². The van der Waals surface area contributed by atoms with Gasteiger partial charge in [0.05, 0.1) is 4.21 Å². The van der Waals surface area contributed by atoms with E-state index in [4.69, 9.17) is 0 Å². The van der Waals surface area contributed by atoms with Gasteiger partial charge >= 0.3 is 11.7 Å².